The minimum absolute atomic E-state index is 0.0674. The van der Waals surface area contributed by atoms with Gasteiger partial charge in [-0.1, -0.05) is 26.0 Å². The average molecular weight is 305 g/mol. The zero-order valence-electron chi connectivity index (χ0n) is 13.8. The third kappa shape index (κ3) is 4.91. The van der Waals surface area contributed by atoms with Gasteiger partial charge < -0.3 is 15.0 Å². The van der Waals surface area contributed by atoms with E-state index < -0.39 is 0 Å². The van der Waals surface area contributed by atoms with E-state index in [0.717, 1.165) is 45.0 Å². The van der Waals surface area contributed by atoms with Crippen LogP contribution in [0.5, 0.6) is 5.75 Å². The van der Waals surface area contributed by atoms with E-state index in [0.29, 0.717) is 5.92 Å². The summed E-state index contributed by atoms with van der Waals surface area (Å²) in [4.78, 5) is 16.3. The molecule has 0 radical (unpaired) electrons. The van der Waals surface area contributed by atoms with Crippen LogP contribution < -0.4 is 10.1 Å². The second-order valence-corrected chi connectivity index (χ2v) is 6.19. The van der Waals surface area contributed by atoms with Gasteiger partial charge in [0, 0.05) is 39.3 Å². The van der Waals surface area contributed by atoms with Gasteiger partial charge in [-0.05, 0) is 23.6 Å². The number of amides is 2. The number of methoxy groups -OCH3 is 1. The fourth-order valence-corrected chi connectivity index (χ4v) is 2.50. The van der Waals surface area contributed by atoms with Crippen molar-refractivity contribution in [3.63, 3.8) is 0 Å². The Labute approximate surface area is 133 Å². The van der Waals surface area contributed by atoms with Crippen LogP contribution in [0.25, 0.3) is 0 Å². The standard InChI is InChI=1S/C17H27N3O2/c1-14(2)12-18-17(21)20-10-8-19(9-11-20)13-15-4-6-16(22-3)7-5-15/h4-7,14H,8-13H2,1-3H3,(H,18,21). The molecule has 5 heteroatoms. The Hall–Kier alpha value is -1.75. The highest BCUT2D eigenvalue weighted by Gasteiger charge is 2.20. The molecule has 1 fully saturated rings. The van der Waals surface area contributed by atoms with Crippen molar-refractivity contribution in [2.24, 2.45) is 5.92 Å². The average Bonchev–Trinajstić information content (AvgIpc) is 2.54. The molecule has 0 aliphatic carbocycles. The number of benzene rings is 1. The predicted molar refractivity (Wildman–Crippen MR) is 88.1 cm³/mol. The van der Waals surface area contributed by atoms with E-state index in [2.05, 4.69) is 36.2 Å². The van der Waals surface area contributed by atoms with Crippen LogP contribution in [0.2, 0.25) is 0 Å². The Morgan fingerprint density at radius 2 is 1.82 bits per heavy atom. The first-order chi connectivity index (χ1) is 10.6. The topological polar surface area (TPSA) is 44.8 Å². The van der Waals surface area contributed by atoms with Gasteiger partial charge in [-0.2, -0.15) is 0 Å². The highest BCUT2D eigenvalue weighted by atomic mass is 16.5. The lowest BCUT2D eigenvalue weighted by Gasteiger charge is -2.34. The van der Waals surface area contributed by atoms with Crippen molar-refractivity contribution in [1.29, 1.82) is 0 Å². The van der Waals surface area contributed by atoms with Crippen molar-refractivity contribution in [2.75, 3.05) is 39.8 Å². The number of carbonyl (C=O) groups is 1. The molecule has 1 aromatic carbocycles. The summed E-state index contributed by atoms with van der Waals surface area (Å²) in [5.74, 6) is 1.37. The van der Waals surface area contributed by atoms with E-state index in [4.69, 9.17) is 4.74 Å². The Morgan fingerprint density at radius 3 is 2.36 bits per heavy atom. The summed E-state index contributed by atoms with van der Waals surface area (Å²) in [5, 5.41) is 2.98. The lowest BCUT2D eigenvalue weighted by Crippen LogP contribution is -2.51. The third-order valence-electron chi connectivity index (χ3n) is 3.89. The molecular formula is C17H27N3O2. The number of hydrogen-bond donors (Lipinski definition) is 1. The van der Waals surface area contributed by atoms with Crippen molar-refractivity contribution in [1.82, 2.24) is 15.1 Å². The van der Waals surface area contributed by atoms with E-state index in [9.17, 15) is 4.79 Å². The van der Waals surface area contributed by atoms with Crippen molar-refractivity contribution < 1.29 is 9.53 Å². The molecule has 122 valence electrons. The molecule has 22 heavy (non-hydrogen) atoms. The maximum atomic E-state index is 12.0. The first-order valence-electron chi connectivity index (χ1n) is 7.96. The van der Waals surface area contributed by atoms with Gasteiger partial charge in [-0.15, -0.1) is 0 Å². The summed E-state index contributed by atoms with van der Waals surface area (Å²) >= 11 is 0. The summed E-state index contributed by atoms with van der Waals surface area (Å²) in [5.41, 5.74) is 1.28. The number of rotatable bonds is 5. The van der Waals surface area contributed by atoms with Crippen LogP contribution in [0.3, 0.4) is 0 Å². The van der Waals surface area contributed by atoms with Crippen LogP contribution in [-0.2, 0) is 6.54 Å². The largest absolute Gasteiger partial charge is 0.497 e. The molecule has 2 rings (SSSR count). The smallest absolute Gasteiger partial charge is 0.317 e. The number of urea groups is 1. The van der Waals surface area contributed by atoms with Gasteiger partial charge in [0.2, 0.25) is 0 Å². The normalized spacial score (nSPS) is 15.9. The molecule has 1 saturated heterocycles. The summed E-state index contributed by atoms with van der Waals surface area (Å²) in [6, 6.07) is 8.24. The molecule has 1 N–H and O–H groups in total. The van der Waals surface area contributed by atoms with E-state index in [1.165, 1.54) is 5.56 Å². The Morgan fingerprint density at radius 1 is 1.18 bits per heavy atom. The molecule has 0 spiro atoms. The van der Waals surface area contributed by atoms with E-state index in [1.54, 1.807) is 7.11 Å². The summed E-state index contributed by atoms with van der Waals surface area (Å²) in [6.07, 6.45) is 0. The molecule has 0 saturated carbocycles. The van der Waals surface area contributed by atoms with Gasteiger partial charge in [-0.25, -0.2) is 4.79 Å². The highest BCUT2D eigenvalue weighted by Crippen LogP contribution is 2.14. The van der Waals surface area contributed by atoms with Crippen LogP contribution in [-0.4, -0.2) is 55.7 Å². The van der Waals surface area contributed by atoms with E-state index in [1.807, 2.05) is 17.0 Å². The monoisotopic (exact) mass is 305 g/mol. The minimum Gasteiger partial charge on any atom is -0.497 e. The molecule has 1 heterocycles. The zero-order chi connectivity index (χ0) is 15.9. The van der Waals surface area contributed by atoms with Crippen molar-refractivity contribution >= 4 is 6.03 Å². The summed E-state index contributed by atoms with van der Waals surface area (Å²) in [6.45, 7) is 9.29. The zero-order valence-corrected chi connectivity index (χ0v) is 13.8. The molecule has 5 nitrogen and oxygen atoms in total. The number of ether oxygens (including phenoxy) is 1. The minimum atomic E-state index is 0.0674. The molecule has 2 amide bonds. The number of nitrogens with zero attached hydrogens (tertiary/aromatic N) is 2. The second kappa shape index (κ2) is 8.03. The molecule has 0 aromatic heterocycles. The molecule has 1 aliphatic heterocycles. The van der Waals surface area contributed by atoms with Crippen LogP contribution in [0.15, 0.2) is 24.3 Å². The maximum absolute atomic E-state index is 12.0. The highest BCUT2D eigenvalue weighted by molar-refractivity contribution is 5.74. The van der Waals surface area contributed by atoms with Gasteiger partial charge in [0.05, 0.1) is 7.11 Å². The van der Waals surface area contributed by atoms with Gasteiger partial charge in [0.25, 0.3) is 0 Å². The van der Waals surface area contributed by atoms with Crippen molar-refractivity contribution in [2.45, 2.75) is 20.4 Å². The quantitative estimate of drug-likeness (QED) is 0.907. The number of hydrogen-bond acceptors (Lipinski definition) is 3. The van der Waals surface area contributed by atoms with Crippen LogP contribution in [0.1, 0.15) is 19.4 Å². The lowest BCUT2D eigenvalue weighted by molar-refractivity contribution is 0.135. The van der Waals surface area contributed by atoms with Crippen LogP contribution >= 0.6 is 0 Å². The van der Waals surface area contributed by atoms with E-state index >= 15 is 0 Å². The van der Waals surface area contributed by atoms with Crippen LogP contribution in [0.4, 0.5) is 4.79 Å². The maximum Gasteiger partial charge on any atom is 0.317 e. The second-order valence-electron chi connectivity index (χ2n) is 6.19. The molecular weight excluding hydrogens is 278 g/mol. The van der Waals surface area contributed by atoms with Crippen LogP contribution in [0, 0.1) is 5.92 Å². The van der Waals surface area contributed by atoms with Crippen molar-refractivity contribution in [3.8, 4) is 5.75 Å². The Balaban J connectivity index is 1.75. The van der Waals surface area contributed by atoms with Gasteiger partial charge >= 0.3 is 6.03 Å². The molecule has 1 aromatic rings. The van der Waals surface area contributed by atoms with E-state index in [-0.39, 0.29) is 6.03 Å². The molecule has 0 bridgehead atoms. The molecule has 0 unspecified atom stereocenters. The fraction of sp³-hybridized carbons (Fsp3) is 0.588. The SMILES string of the molecule is COc1ccc(CN2CCN(C(=O)NCC(C)C)CC2)cc1. The first-order valence-corrected chi connectivity index (χ1v) is 7.96. The van der Waals surface area contributed by atoms with Gasteiger partial charge in [0.15, 0.2) is 0 Å². The lowest BCUT2D eigenvalue weighted by atomic mass is 10.2. The van der Waals surface area contributed by atoms with Gasteiger partial charge in [0.1, 0.15) is 5.75 Å². The fourth-order valence-electron chi connectivity index (χ4n) is 2.50. The number of piperazine rings is 1. The first kappa shape index (κ1) is 16.6. The third-order valence-corrected chi connectivity index (χ3v) is 3.89. The predicted octanol–water partition coefficient (Wildman–Crippen LogP) is 2.18. The number of nitrogens with one attached hydrogen (secondary N) is 1. The Bertz CT molecular complexity index is 465. The Kier molecular flexibility index (Phi) is 6.07. The van der Waals surface area contributed by atoms with Crippen molar-refractivity contribution in [3.05, 3.63) is 29.8 Å². The molecule has 0 atom stereocenters. The summed E-state index contributed by atoms with van der Waals surface area (Å²) < 4.78 is 5.17. The molecule has 1 aliphatic rings. The number of carbonyl (C=O) groups excluding carboxylic acids is 1. The summed E-state index contributed by atoms with van der Waals surface area (Å²) in [7, 11) is 1.68. The van der Waals surface area contributed by atoms with Gasteiger partial charge in [-0.3, -0.25) is 4.90 Å².